The molecule has 0 aliphatic carbocycles. The van der Waals surface area contributed by atoms with E-state index in [-0.39, 0.29) is 5.91 Å². The molecule has 1 rings (SSSR count). The van der Waals surface area contributed by atoms with Crippen LogP contribution < -0.4 is 5.32 Å². The van der Waals surface area contributed by atoms with E-state index in [1.165, 1.54) is 6.92 Å². The minimum atomic E-state index is -0.982. The number of nitrogens with zero attached hydrogens (tertiary/aromatic N) is 2. The molecule has 3 unspecified atom stereocenters. The maximum absolute atomic E-state index is 11.1. The molecule has 6 nitrogen and oxygen atoms in total. The van der Waals surface area contributed by atoms with Crippen LogP contribution in [0, 0.1) is 0 Å². The quantitative estimate of drug-likeness (QED) is 0.717. The molecule has 1 saturated heterocycles. The second-order valence-corrected chi connectivity index (χ2v) is 5.17. The lowest BCUT2D eigenvalue weighted by molar-refractivity contribution is -0.142. The van der Waals surface area contributed by atoms with Crippen LogP contribution in [0.1, 0.15) is 20.8 Å². The van der Waals surface area contributed by atoms with Gasteiger partial charge in [-0.2, -0.15) is 0 Å². The lowest BCUT2D eigenvalue weighted by Crippen LogP contribution is -2.58. The number of rotatable bonds is 4. The molecule has 0 aromatic rings. The molecule has 1 aliphatic heterocycles. The summed E-state index contributed by atoms with van der Waals surface area (Å²) >= 11 is 0. The smallest absolute Gasteiger partial charge is 0.327 e. The Labute approximate surface area is 108 Å². The predicted octanol–water partition coefficient (Wildman–Crippen LogP) is -0.400. The van der Waals surface area contributed by atoms with Gasteiger partial charge in [-0.15, -0.1) is 0 Å². The summed E-state index contributed by atoms with van der Waals surface area (Å²) in [6.45, 7) is 7.59. The number of carboxylic acid groups (broad SMARTS) is 1. The van der Waals surface area contributed by atoms with Gasteiger partial charge in [0.15, 0.2) is 0 Å². The third-order valence-corrected chi connectivity index (χ3v) is 3.55. The van der Waals surface area contributed by atoms with Gasteiger partial charge in [-0.05, 0) is 20.9 Å². The van der Waals surface area contributed by atoms with Gasteiger partial charge < -0.3 is 10.4 Å². The van der Waals surface area contributed by atoms with E-state index >= 15 is 0 Å². The number of hydrogen-bond acceptors (Lipinski definition) is 4. The zero-order valence-electron chi connectivity index (χ0n) is 11.5. The van der Waals surface area contributed by atoms with Crippen LogP contribution in [0.2, 0.25) is 0 Å². The minimum Gasteiger partial charge on any atom is -0.480 e. The molecule has 18 heavy (non-hydrogen) atoms. The van der Waals surface area contributed by atoms with Crippen molar-refractivity contribution in [2.45, 2.75) is 38.9 Å². The monoisotopic (exact) mass is 257 g/mol. The molecule has 0 bridgehead atoms. The van der Waals surface area contributed by atoms with Gasteiger partial charge in [0.1, 0.15) is 6.04 Å². The second kappa shape index (κ2) is 6.15. The average Bonchev–Trinajstić information content (AvgIpc) is 2.24. The first-order valence-corrected chi connectivity index (χ1v) is 6.25. The molecule has 1 amide bonds. The van der Waals surface area contributed by atoms with Gasteiger partial charge in [0, 0.05) is 38.6 Å². The minimum absolute atomic E-state index is 0.308. The van der Waals surface area contributed by atoms with E-state index in [9.17, 15) is 9.59 Å². The van der Waals surface area contributed by atoms with Gasteiger partial charge in [-0.3, -0.25) is 14.6 Å². The Balaban J connectivity index is 2.59. The third kappa shape index (κ3) is 3.96. The number of carboxylic acids is 1. The normalized spacial score (nSPS) is 27.8. The second-order valence-electron chi connectivity index (χ2n) is 5.17. The van der Waals surface area contributed by atoms with E-state index in [1.54, 1.807) is 0 Å². The largest absolute Gasteiger partial charge is 0.480 e. The van der Waals surface area contributed by atoms with Gasteiger partial charge in [-0.1, -0.05) is 0 Å². The molecule has 6 heteroatoms. The van der Waals surface area contributed by atoms with Crippen LogP contribution in [0.5, 0.6) is 0 Å². The van der Waals surface area contributed by atoms with Gasteiger partial charge in [-0.25, -0.2) is 4.79 Å². The summed E-state index contributed by atoms with van der Waals surface area (Å²) in [7, 11) is 2.08. The van der Waals surface area contributed by atoms with Crippen LogP contribution in [0.15, 0.2) is 0 Å². The van der Waals surface area contributed by atoms with Crippen LogP contribution in [-0.4, -0.2) is 71.6 Å². The van der Waals surface area contributed by atoms with Gasteiger partial charge in [0.05, 0.1) is 0 Å². The van der Waals surface area contributed by atoms with Crippen molar-refractivity contribution in [1.82, 2.24) is 15.1 Å². The number of aliphatic carboxylic acids is 1. The Morgan fingerprint density at radius 2 is 1.83 bits per heavy atom. The summed E-state index contributed by atoms with van der Waals surface area (Å²) in [6, 6.07) is -0.0497. The van der Waals surface area contributed by atoms with Gasteiger partial charge in [0.2, 0.25) is 5.91 Å². The van der Waals surface area contributed by atoms with E-state index < -0.39 is 12.0 Å². The highest BCUT2D eigenvalue weighted by atomic mass is 16.4. The predicted molar refractivity (Wildman–Crippen MR) is 68.4 cm³/mol. The van der Waals surface area contributed by atoms with Crippen LogP contribution in [0.3, 0.4) is 0 Å². The van der Waals surface area contributed by atoms with Crippen LogP contribution in [0.25, 0.3) is 0 Å². The Morgan fingerprint density at radius 3 is 2.22 bits per heavy atom. The maximum Gasteiger partial charge on any atom is 0.327 e. The molecule has 1 fully saturated rings. The molecule has 0 radical (unpaired) electrons. The Hall–Kier alpha value is -1.14. The standard InChI is InChI=1S/C12H23N3O3/c1-8-5-15(6-9(2)14(8)4)7-11(12(17)18)13-10(3)16/h8-9,11H,5-7H2,1-4H3,(H,13,16)(H,17,18). The van der Waals surface area contributed by atoms with Crippen LogP contribution in [0.4, 0.5) is 0 Å². The SMILES string of the molecule is CC(=O)NC(CN1CC(C)N(C)C(C)C1)C(=O)O. The Kier molecular flexibility index (Phi) is 5.10. The maximum atomic E-state index is 11.1. The summed E-state index contributed by atoms with van der Waals surface area (Å²) in [5, 5.41) is 11.6. The summed E-state index contributed by atoms with van der Waals surface area (Å²) in [4.78, 5) is 26.4. The first kappa shape index (κ1) is 14.9. The molecule has 1 heterocycles. The van der Waals surface area contributed by atoms with Crippen LogP contribution >= 0.6 is 0 Å². The highest BCUT2D eigenvalue weighted by Crippen LogP contribution is 2.13. The summed E-state index contributed by atoms with van der Waals surface area (Å²) in [5.74, 6) is -1.29. The fourth-order valence-electron chi connectivity index (χ4n) is 2.35. The highest BCUT2D eigenvalue weighted by molar-refractivity contribution is 5.82. The van der Waals surface area contributed by atoms with Crippen molar-refractivity contribution < 1.29 is 14.7 Å². The molecule has 3 atom stereocenters. The molecular formula is C12H23N3O3. The van der Waals surface area contributed by atoms with Crippen molar-refractivity contribution >= 4 is 11.9 Å². The molecule has 0 spiro atoms. The average molecular weight is 257 g/mol. The van der Waals surface area contributed by atoms with Crippen LogP contribution in [-0.2, 0) is 9.59 Å². The number of piperazine rings is 1. The number of hydrogen-bond donors (Lipinski definition) is 2. The van der Waals surface area contributed by atoms with Crippen molar-refractivity contribution in [2.24, 2.45) is 0 Å². The summed E-state index contributed by atoms with van der Waals surface area (Å²) in [6.07, 6.45) is 0. The third-order valence-electron chi connectivity index (χ3n) is 3.55. The van der Waals surface area contributed by atoms with Crippen molar-refractivity contribution in [3.05, 3.63) is 0 Å². The number of carbonyl (C=O) groups excluding carboxylic acids is 1. The molecule has 0 saturated carbocycles. The number of amides is 1. The van der Waals surface area contributed by atoms with E-state index in [0.717, 1.165) is 13.1 Å². The first-order valence-electron chi connectivity index (χ1n) is 6.25. The highest BCUT2D eigenvalue weighted by Gasteiger charge is 2.29. The molecule has 0 aromatic heterocycles. The lowest BCUT2D eigenvalue weighted by Gasteiger charge is -2.43. The Bertz CT molecular complexity index is 310. The van der Waals surface area contributed by atoms with Gasteiger partial charge in [0.25, 0.3) is 0 Å². The first-order chi connectivity index (χ1) is 8.31. The number of carbonyl (C=O) groups is 2. The molecule has 1 aliphatic rings. The van der Waals surface area contributed by atoms with E-state index in [2.05, 4.69) is 36.0 Å². The molecule has 0 aromatic carbocycles. The number of nitrogens with one attached hydrogen (secondary N) is 1. The summed E-state index contributed by atoms with van der Waals surface area (Å²) < 4.78 is 0. The van der Waals surface area contributed by atoms with Crippen molar-refractivity contribution in [3.63, 3.8) is 0 Å². The fraction of sp³-hybridized carbons (Fsp3) is 0.833. The van der Waals surface area contributed by atoms with Crippen molar-refractivity contribution in [2.75, 3.05) is 26.7 Å². The van der Waals surface area contributed by atoms with E-state index in [1.807, 2.05) is 0 Å². The topological polar surface area (TPSA) is 72.9 Å². The molecule has 2 N–H and O–H groups in total. The van der Waals surface area contributed by atoms with Crippen molar-refractivity contribution in [3.8, 4) is 0 Å². The molecular weight excluding hydrogens is 234 g/mol. The van der Waals surface area contributed by atoms with Gasteiger partial charge >= 0.3 is 5.97 Å². The van der Waals surface area contributed by atoms with E-state index in [4.69, 9.17) is 5.11 Å². The fourth-order valence-corrected chi connectivity index (χ4v) is 2.35. The van der Waals surface area contributed by atoms with Crippen molar-refractivity contribution in [1.29, 1.82) is 0 Å². The molecule has 104 valence electrons. The number of likely N-dealkylation sites (N-methyl/N-ethyl adjacent to an activating group) is 1. The Morgan fingerprint density at radius 1 is 1.33 bits per heavy atom. The zero-order valence-corrected chi connectivity index (χ0v) is 11.5. The lowest BCUT2D eigenvalue weighted by atomic mass is 10.1. The summed E-state index contributed by atoms with van der Waals surface area (Å²) in [5.41, 5.74) is 0. The van der Waals surface area contributed by atoms with E-state index in [0.29, 0.717) is 18.6 Å². The zero-order chi connectivity index (χ0) is 13.9.